The van der Waals surface area contributed by atoms with Gasteiger partial charge in [0.15, 0.2) is 0 Å². The van der Waals surface area contributed by atoms with Crippen molar-refractivity contribution in [3.05, 3.63) is 28.8 Å². The van der Waals surface area contributed by atoms with Crippen LogP contribution in [-0.2, 0) is 4.79 Å². The molecule has 0 aromatic heterocycles. The maximum Gasteiger partial charge on any atom is 0.273 e. The first-order chi connectivity index (χ1) is 8.58. The van der Waals surface area contributed by atoms with Crippen molar-refractivity contribution in [2.24, 2.45) is 0 Å². The zero-order chi connectivity index (χ0) is 13.5. The normalized spacial score (nSPS) is 9.72. The highest BCUT2D eigenvalue weighted by atomic mass is 35.5. The van der Waals surface area contributed by atoms with Gasteiger partial charge in [-0.25, -0.2) is 0 Å². The lowest BCUT2D eigenvalue weighted by molar-refractivity contribution is -0.119. The third-order valence-electron chi connectivity index (χ3n) is 2.00. The number of halogens is 1. The molecule has 5 nitrogen and oxygen atoms in total. The zero-order valence-corrected chi connectivity index (χ0v) is 11.5. The number of thioether (sulfide) groups is 1. The SMILES string of the molecule is COc1cc(Cl)ccc1C(=O)NNC(=O)CSC. The summed E-state index contributed by atoms with van der Waals surface area (Å²) in [6.45, 7) is 0. The molecule has 2 amide bonds. The molecule has 0 bridgehead atoms. The standard InChI is InChI=1S/C11H13ClN2O3S/c1-17-9-5-7(12)3-4-8(9)11(16)14-13-10(15)6-18-2/h3-5H,6H2,1-2H3,(H,13,15)(H,14,16). The lowest BCUT2D eigenvalue weighted by Crippen LogP contribution is -2.42. The van der Waals surface area contributed by atoms with Crippen LogP contribution in [0.1, 0.15) is 10.4 Å². The van der Waals surface area contributed by atoms with Crippen LogP contribution < -0.4 is 15.6 Å². The van der Waals surface area contributed by atoms with E-state index in [0.717, 1.165) is 0 Å². The Morgan fingerprint density at radius 3 is 2.72 bits per heavy atom. The molecule has 0 aliphatic carbocycles. The molecule has 0 fully saturated rings. The van der Waals surface area contributed by atoms with Gasteiger partial charge in [0.2, 0.25) is 5.91 Å². The quantitative estimate of drug-likeness (QED) is 0.824. The van der Waals surface area contributed by atoms with Gasteiger partial charge in [-0.05, 0) is 24.5 Å². The third kappa shape index (κ3) is 4.12. The van der Waals surface area contributed by atoms with Crippen LogP contribution in [0.15, 0.2) is 18.2 Å². The Labute approximate surface area is 114 Å². The number of benzene rings is 1. The van der Waals surface area contributed by atoms with Crippen LogP contribution in [0.3, 0.4) is 0 Å². The van der Waals surface area contributed by atoms with E-state index in [9.17, 15) is 9.59 Å². The first-order valence-corrected chi connectivity index (χ1v) is 6.77. The molecule has 1 aromatic rings. The van der Waals surface area contributed by atoms with Crippen molar-refractivity contribution in [2.45, 2.75) is 0 Å². The van der Waals surface area contributed by atoms with E-state index in [2.05, 4.69) is 10.9 Å². The lowest BCUT2D eigenvalue weighted by atomic mass is 10.2. The first-order valence-electron chi connectivity index (χ1n) is 5.00. The van der Waals surface area contributed by atoms with Gasteiger partial charge in [-0.3, -0.25) is 20.4 Å². The van der Waals surface area contributed by atoms with E-state index < -0.39 is 5.91 Å². The number of hydrazine groups is 1. The van der Waals surface area contributed by atoms with Crippen LogP contribution in [0.5, 0.6) is 5.75 Å². The molecule has 0 spiro atoms. The van der Waals surface area contributed by atoms with Crippen molar-refractivity contribution in [2.75, 3.05) is 19.1 Å². The number of methoxy groups -OCH3 is 1. The topological polar surface area (TPSA) is 67.4 Å². The molecule has 0 aliphatic rings. The van der Waals surface area contributed by atoms with Gasteiger partial charge in [-0.15, -0.1) is 0 Å². The average molecular weight is 289 g/mol. The van der Waals surface area contributed by atoms with Crippen LogP contribution in [0.2, 0.25) is 5.02 Å². The molecule has 1 rings (SSSR count). The van der Waals surface area contributed by atoms with Crippen molar-refractivity contribution in [1.29, 1.82) is 0 Å². The fourth-order valence-electron chi connectivity index (χ4n) is 1.21. The second-order valence-corrected chi connectivity index (χ2v) is 4.58. The molecular weight excluding hydrogens is 276 g/mol. The number of rotatable bonds is 4. The summed E-state index contributed by atoms with van der Waals surface area (Å²) >= 11 is 7.15. The van der Waals surface area contributed by atoms with Crippen LogP contribution in [0, 0.1) is 0 Å². The van der Waals surface area contributed by atoms with Crippen LogP contribution in [0.4, 0.5) is 0 Å². The molecule has 0 heterocycles. The summed E-state index contributed by atoms with van der Waals surface area (Å²) in [6, 6.07) is 4.63. The molecule has 0 saturated heterocycles. The first kappa shape index (κ1) is 14.7. The molecule has 0 atom stereocenters. The van der Waals surface area contributed by atoms with Gasteiger partial charge >= 0.3 is 0 Å². The van der Waals surface area contributed by atoms with E-state index in [0.29, 0.717) is 16.3 Å². The number of nitrogens with one attached hydrogen (secondary N) is 2. The minimum Gasteiger partial charge on any atom is -0.496 e. The van der Waals surface area contributed by atoms with Crippen LogP contribution >= 0.6 is 23.4 Å². The summed E-state index contributed by atoms with van der Waals surface area (Å²) in [5.74, 6) is -0.112. The molecule has 98 valence electrons. The molecule has 18 heavy (non-hydrogen) atoms. The highest BCUT2D eigenvalue weighted by Gasteiger charge is 2.13. The summed E-state index contributed by atoms with van der Waals surface area (Å²) in [6.07, 6.45) is 1.80. The summed E-state index contributed by atoms with van der Waals surface area (Å²) in [4.78, 5) is 23.0. The predicted octanol–water partition coefficient (Wildman–Crippen LogP) is 1.47. The van der Waals surface area contributed by atoms with E-state index in [-0.39, 0.29) is 11.7 Å². The van der Waals surface area contributed by atoms with Gasteiger partial charge in [0.05, 0.1) is 18.4 Å². The Balaban J connectivity index is 2.69. The Morgan fingerprint density at radius 2 is 2.11 bits per heavy atom. The fraction of sp³-hybridized carbons (Fsp3) is 0.273. The minimum absolute atomic E-state index is 0.274. The van der Waals surface area contributed by atoms with E-state index in [4.69, 9.17) is 16.3 Å². The van der Waals surface area contributed by atoms with E-state index in [1.165, 1.54) is 31.0 Å². The van der Waals surface area contributed by atoms with E-state index in [1.54, 1.807) is 12.3 Å². The lowest BCUT2D eigenvalue weighted by Gasteiger charge is -2.10. The van der Waals surface area contributed by atoms with E-state index in [1.807, 2.05) is 0 Å². The molecule has 0 radical (unpaired) electrons. The number of hydrogen-bond donors (Lipinski definition) is 2. The average Bonchev–Trinajstić information content (AvgIpc) is 2.36. The molecule has 0 unspecified atom stereocenters. The molecular formula is C11H13ClN2O3S. The Morgan fingerprint density at radius 1 is 1.39 bits per heavy atom. The number of carbonyl (C=O) groups is 2. The highest BCUT2D eigenvalue weighted by Crippen LogP contribution is 2.22. The van der Waals surface area contributed by atoms with Crippen LogP contribution in [-0.4, -0.2) is 30.9 Å². The summed E-state index contributed by atoms with van der Waals surface area (Å²) < 4.78 is 5.04. The second-order valence-electron chi connectivity index (χ2n) is 3.28. The van der Waals surface area contributed by atoms with Crippen molar-refractivity contribution < 1.29 is 14.3 Å². The van der Waals surface area contributed by atoms with Gasteiger partial charge in [0, 0.05) is 5.02 Å². The van der Waals surface area contributed by atoms with Gasteiger partial charge in [-0.2, -0.15) is 11.8 Å². The van der Waals surface area contributed by atoms with Gasteiger partial charge in [0.25, 0.3) is 5.91 Å². The molecule has 0 aliphatic heterocycles. The Hall–Kier alpha value is -1.40. The number of hydrogen-bond acceptors (Lipinski definition) is 4. The van der Waals surface area contributed by atoms with Gasteiger partial charge in [-0.1, -0.05) is 11.6 Å². The molecule has 7 heteroatoms. The van der Waals surface area contributed by atoms with Crippen molar-refractivity contribution >= 4 is 35.2 Å². The third-order valence-corrected chi connectivity index (χ3v) is 2.79. The fourth-order valence-corrected chi connectivity index (χ4v) is 1.71. The Bertz CT molecular complexity index is 454. The monoisotopic (exact) mass is 288 g/mol. The zero-order valence-electron chi connectivity index (χ0n) is 9.95. The number of amides is 2. The smallest absolute Gasteiger partial charge is 0.273 e. The maximum atomic E-state index is 11.8. The van der Waals surface area contributed by atoms with Crippen molar-refractivity contribution in [1.82, 2.24) is 10.9 Å². The minimum atomic E-state index is -0.460. The molecule has 2 N–H and O–H groups in total. The molecule has 0 saturated carbocycles. The van der Waals surface area contributed by atoms with E-state index >= 15 is 0 Å². The molecule has 1 aromatic carbocycles. The highest BCUT2D eigenvalue weighted by molar-refractivity contribution is 7.99. The second kappa shape index (κ2) is 7.13. The summed E-state index contributed by atoms with van der Waals surface area (Å²) in [5, 5.41) is 0.467. The number of ether oxygens (including phenoxy) is 1. The van der Waals surface area contributed by atoms with Crippen LogP contribution in [0.25, 0.3) is 0 Å². The largest absolute Gasteiger partial charge is 0.496 e. The van der Waals surface area contributed by atoms with Crippen molar-refractivity contribution in [3.63, 3.8) is 0 Å². The number of carbonyl (C=O) groups excluding carboxylic acids is 2. The summed E-state index contributed by atoms with van der Waals surface area (Å²) in [5.41, 5.74) is 4.90. The van der Waals surface area contributed by atoms with Crippen molar-refractivity contribution in [3.8, 4) is 5.75 Å². The predicted molar refractivity (Wildman–Crippen MR) is 72.0 cm³/mol. The Kier molecular flexibility index (Phi) is 5.80. The van der Waals surface area contributed by atoms with Gasteiger partial charge < -0.3 is 4.74 Å². The maximum absolute atomic E-state index is 11.8. The summed E-state index contributed by atoms with van der Waals surface area (Å²) in [7, 11) is 1.44. The van der Waals surface area contributed by atoms with Gasteiger partial charge in [0.1, 0.15) is 5.75 Å².